The van der Waals surface area contributed by atoms with Gasteiger partial charge in [-0.2, -0.15) is 0 Å². The number of benzene rings is 2. The lowest BCUT2D eigenvalue weighted by atomic mass is 9.91. The second kappa shape index (κ2) is 10.4. The summed E-state index contributed by atoms with van der Waals surface area (Å²) in [5, 5.41) is 12.4. The van der Waals surface area contributed by atoms with Crippen LogP contribution in [0.25, 0.3) is 0 Å². The predicted octanol–water partition coefficient (Wildman–Crippen LogP) is 4.53. The lowest BCUT2D eigenvalue weighted by Crippen LogP contribution is -2.14. The third-order valence-electron chi connectivity index (χ3n) is 4.85. The first-order chi connectivity index (χ1) is 14.5. The highest BCUT2D eigenvalue weighted by atomic mass is 16.5. The number of ether oxygens (including phenoxy) is 1. The van der Waals surface area contributed by atoms with E-state index in [2.05, 4.69) is 10.3 Å². The molecule has 1 aliphatic heterocycles. The molecule has 2 aromatic carbocycles. The predicted molar refractivity (Wildman–Crippen MR) is 117 cm³/mol. The summed E-state index contributed by atoms with van der Waals surface area (Å²) in [6, 6.07) is 14.5. The average Bonchev–Trinajstić information content (AvgIpc) is 2.79. The van der Waals surface area contributed by atoms with Crippen LogP contribution in [-0.4, -0.2) is 35.8 Å². The molecule has 30 heavy (non-hydrogen) atoms. The number of carbonyl (C=O) groups excluding carboxylic acids is 2. The van der Waals surface area contributed by atoms with Crippen molar-refractivity contribution in [3.63, 3.8) is 0 Å². The molecule has 0 bridgehead atoms. The van der Waals surface area contributed by atoms with Gasteiger partial charge in [-0.25, -0.2) is 4.79 Å². The van der Waals surface area contributed by atoms with E-state index in [1.165, 1.54) is 0 Å². The number of hydrogen-bond donors (Lipinski definition) is 2. The Kier molecular flexibility index (Phi) is 7.38. The molecule has 6 nitrogen and oxygen atoms in total. The number of nitrogens with zero attached hydrogens (tertiary/aromatic N) is 1. The van der Waals surface area contributed by atoms with Crippen molar-refractivity contribution in [2.45, 2.75) is 26.2 Å². The zero-order valence-electron chi connectivity index (χ0n) is 17.0. The van der Waals surface area contributed by atoms with Crippen molar-refractivity contribution in [3.8, 4) is 5.75 Å². The number of nitrogens with one attached hydrogen (secondary N) is 1. The zero-order valence-corrected chi connectivity index (χ0v) is 17.0. The molecular formula is C24H26N2O4. The van der Waals surface area contributed by atoms with Crippen molar-refractivity contribution >= 4 is 23.3 Å². The molecule has 2 N–H and O–H groups in total. The van der Waals surface area contributed by atoms with E-state index in [0.717, 1.165) is 24.0 Å². The molecule has 0 aromatic heterocycles. The fraction of sp³-hybridized carbons (Fsp3) is 0.292. The van der Waals surface area contributed by atoms with Crippen LogP contribution in [0.15, 0.2) is 65.7 Å². The molecule has 0 saturated carbocycles. The van der Waals surface area contributed by atoms with Gasteiger partial charge >= 0.3 is 6.09 Å². The van der Waals surface area contributed by atoms with Gasteiger partial charge in [0.05, 0.1) is 12.3 Å². The lowest BCUT2D eigenvalue weighted by molar-refractivity contribution is -0.115. The summed E-state index contributed by atoms with van der Waals surface area (Å²) in [5.41, 5.74) is 3.20. The Morgan fingerprint density at radius 3 is 2.83 bits per heavy atom. The molecular weight excluding hydrogens is 380 g/mol. The van der Waals surface area contributed by atoms with Crippen molar-refractivity contribution < 1.29 is 19.4 Å². The van der Waals surface area contributed by atoms with E-state index in [0.29, 0.717) is 31.0 Å². The summed E-state index contributed by atoms with van der Waals surface area (Å²) in [6.07, 6.45) is 4.74. The molecule has 0 saturated heterocycles. The number of aromatic hydroxyl groups is 1. The maximum atomic E-state index is 12.5. The number of amides is 1. The number of phenols is 1. The van der Waals surface area contributed by atoms with Crippen LogP contribution in [0, 0.1) is 5.92 Å². The Morgan fingerprint density at radius 2 is 2.03 bits per heavy atom. The quantitative estimate of drug-likeness (QED) is 0.764. The van der Waals surface area contributed by atoms with Gasteiger partial charge in [-0.05, 0) is 67.7 Å². The molecule has 2 aromatic rings. The van der Waals surface area contributed by atoms with Crippen molar-refractivity contribution in [3.05, 3.63) is 71.8 Å². The first kappa shape index (κ1) is 21.3. The van der Waals surface area contributed by atoms with Crippen LogP contribution in [0.1, 0.15) is 30.9 Å². The van der Waals surface area contributed by atoms with Crippen molar-refractivity contribution in [1.29, 1.82) is 0 Å². The maximum Gasteiger partial charge on any atom is 0.411 e. The Labute approximate surface area is 176 Å². The molecule has 1 atom stereocenters. The van der Waals surface area contributed by atoms with E-state index < -0.39 is 6.09 Å². The topological polar surface area (TPSA) is 88.0 Å². The highest BCUT2D eigenvalue weighted by Gasteiger charge is 2.16. The highest BCUT2D eigenvalue weighted by Crippen LogP contribution is 2.21. The van der Waals surface area contributed by atoms with Gasteiger partial charge in [0.2, 0.25) is 0 Å². The molecule has 0 radical (unpaired) electrons. The number of carbonyl (C=O) groups is 2. The highest BCUT2D eigenvalue weighted by molar-refractivity contribution is 6.11. The molecule has 1 heterocycles. The Hall–Kier alpha value is -3.41. The van der Waals surface area contributed by atoms with E-state index in [-0.39, 0.29) is 17.5 Å². The maximum absolute atomic E-state index is 12.5. The van der Waals surface area contributed by atoms with Crippen LogP contribution in [0.3, 0.4) is 0 Å². The largest absolute Gasteiger partial charge is 0.508 e. The molecule has 6 heteroatoms. The summed E-state index contributed by atoms with van der Waals surface area (Å²) in [6.45, 7) is 2.66. The average molecular weight is 406 g/mol. The minimum absolute atomic E-state index is 0.0514. The zero-order chi connectivity index (χ0) is 21.3. The third-order valence-corrected chi connectivity index (χ3v) is 4.85. The van der Waals surface area contributed by atoms with Crippen LogP contribution in [0.4, 0.5) is 10.5 Å². The van der Waals surface area contributed by atoms with Crippen LogP contribution in [-0.2, 0) is 16.0 Å². The fourth-order valence-electron chi connectivity index (χ4n) is 3.47. The number of ketones is 1. The Balaban J connectivity index is 1.69. The van der Waals surface area contributed by atoms with Gasteiger partial charge in [0.1, 0.15) is 5.75 Å². The van der Waals surface area contributed by atoms with Gasteiger partial charge in [-0.1, -0.05) is 24.3 Å². The van der Waals surface area contributed by atoms with Crippen molar-refractivity contribution in [1.82, 2.24) is 0 Å². The van der Waals surface area contributed by atoms with Crippen molar-refractivity contribution in [2.24, 2.45) is 10.9 Å². The molecule has 0 fully saturated rings. The minimum Gasteiger partial charge on any atom is -0.508 e. The molecule has 0 aliphatic carbocycles. The molecule has 1 unspecified atom stereocenters. The molecule has 156 valence electrons. The number of hydrogen-bond acceptors (Lipinski definition) is 5. The Morgan fingerprint density at radius 1 is 1.20 bits per heavy atom. The number of anilines is 1. The first-order valence-electron chi connectivity index (χ1n) is 10.1. The molecule has 3 rings (SSSR count). The van der Waals surface area contributed by atoms with E-state index in [1.54, 1.807) is 37.3 Å². The van der Waals surface area contributed by atoms with Gasteiger partial charge in [0, 0.05) is 24.2 Å². The fourth-order valence-corrected chi connectivity index (χ4v) is 3.47. The second-order valence-corrected chi connectivity index (χ2v) is 7.23. The summed E-state index contributed by atoms with van der Waals surface area (Å²) in [7, 11) is 0. The summed E-state index contributed by atoms with van der Waals surface area (Å²) in [4.78, 5) is 28.7. The van der Waals surface area contributed by atoms with E-state index in [4.69, 9.17) is 4.74 Å². The second-order valence-electron chi connectivity index (χ2n) is 7.23. The van der Waals surface area contributed by atoms with Gasteiger partial charge < -0.3 is 9.84 Å². The van der Waals surface area contributed by atoms with Crippen LogP contribution in [0.5, 0.6) is 5.75 Å². The van der Waals surface area contributed by atoms with Crippen LogP contribution in [0.2, 0.25) is 0 Å². The van der Waals surface area contributed by atoms with E-state index in [9.17, 15) is 14.7 Å². The third kappa shape index (κ3) is 6.30. The number of allylic oxidation sites excluding steroid dienone is 2. The Bertz CT molecular complexity index is 965. The van der Waals surface area contributed by atoms with Gasteiger partial charge in [0.15, 0.2) is 5.78 Å². The van der Waals surface area contributed by atoms with Gasteiger partial charge in [-0.3, -0.25) is 15.1 Å². The smallest absolute Gasteiger partial charge is 0.411 e. The first-order valence-corrected chi connectivity index (χ1v) is 10.1. The summed E-state index contributed by atoms with van der Waals surface area (Å²) < 4.78 is 4.92. The van der Waals surface area contributed by atoms with Crippen LogP contribution < -0.4 is 5.32 Å². The number of rotatable bonds is 5. The summed E-state index contributed by atoms with van der Waals surface area (Å²) >= 11 is 0. The molecule has 0 spiro atoms. The minimum atomic E-state index is -0.480. The molecule has 1 aliphatic rings. The van der Waals surface area contributed by atoms with Gasteiger partial charge in [0.25, 0.3) is 0 Å². The van der Waals surface area contributed by atoms with Gasteiger partial charge in [-0.15, -0.1) is 0 Å². The normalized spacial score (nSPS) is 17.8. The van der Waals surface area contributed by atoms with Crippen molar-refractivity contribution in [2.75, 3.05) is 18.5 Å². The van der Waals surface area contributed by atoms with Crippen LogP contribution >= 0.6 is 0 Å². The van der Waals surface area contributed by atoms with E-state index in [1.807, 2.05) is 30.3 Å². The summed E-state index contributed by atoms with van der Waals surface area (Å²) in [5.74, 6) is 0.367. The SMILES string of the molecule is CCOC(=O)Nc1cccc(CC2CCN=C(c3cccc(O)c3)/C=C\C(=O)C2)c1. The standard InChI is InChI=1S/C24H26N2O4/c1-2-30-24(29)26-20-7-3-5-17(14-20)13-18-11-12-25-23(10-9-22(28)15-18)19-6-4-8-21(27)16-19/h3-10,14,16,18,27H,2,11-13,15H2,1H3,(H,26,29)/b10-9-,25-23?. The molecule has 1 amide bonds. The number of aliphatic imine (C=N–C) groups is 1. The monoisotopic (exact) mass is 406 g/mol. The van der Waals surface area contributed by atoms with E-state index >= 15 is 0 Å². The lowest BCUT2D eigenvalue weighted by Gasteiger charge is -2.15. The number of phenolic OH excluding ortho intramolecular Hbond substituents is 1.